The van der Waals surface area contributed by atoms with E-state index in [0.717, 1.165) is 35.3 Å². The van der Waals surface area contributed by atoms with Crippen molar-refractivity contribution < 1.29 is 9.59 Å². The highest BCUT2D eigenvalue weighted by Gasteiger charge is 2.29. The number of thiophene rings is 1. The van der Waals surface area contributed by atoms with E-state index in [9.17, 15) is 9.59 Å². The number of nitrogens with one attached hydrogen (secondary N) is 2. The Hall–Kier alpha value is -2.52. The van der Waals surface area contributed by atoms with Crippen LogP contribution >= 0.6 is 22.7 Å². The van der Waals surface area contributed by atoms with Crippen LogP contribution in [0.25, 0.3) is 10.1 Å². The molecule has 3 aromatic rings. The summed E-state index contributed by atoms with van der Waals surface area (Å²) < 4.78 is 1.16. The van der Waals surface area contributed by atoms with Crippen LogP contribution in [-0.2, 0) is 11.2 Å². The van der Waals surface area contributed by atoms with Gasteiger partial charge in [-0.2, -0.15) is 0 Å². The van der Waals surface area contributed by atoms with Crippen LogP contribution in [0.5, 0.6) is 0 Å². The van der Waals surface area contributed by atoms with Crippen LogP contribution in [0.2, 0.25) is 0 Å². The Morgan fingerprint density at radius 1 is 1.13 bits per heavy atom. The van der Waals surface area contributed by atoms with Gasteiger partial charge in [-0.1, -0.05) is 29.5 Å². The van der Waals surface area contributed by atoms with Gasteiger partial charge in [0.15, 0.2) is 0 Å². The number of carbonyl (C=O) groups is 2. The summed E-state index contributed by atoms with van der Waals surface area (Å²) in [5.41, 5.74) is 6.76. The van der Waals surface area contributed by atoms with E-state index in [4.69, 9.17) is 5.73 Å². The number of anilines is 1. The molecule has 4 N–H and O–H groups in total. The van der Waals surface area contributed by atoms with Crippen molar-refractivity contribution in [3.63, 3.8) is 0 Å². The molecule has 0 atom stereocenters. The summed E-state index contributed by atoms with van der Waals surface area (Å²) in [6.07, 6.45) is 4.35. The first-order valence-corrected chi connectivity index (χ1v) is 11.8. The summed E-state index contributed by atoms with van der Waals surface area (Å²) in [4.78, 5) is 25.5. The first-order chi connectivity index (χ1) is 14.5. The van der Waals surface area contributed by atoms with Gasteiger partial charge in [0.05, 0.1) is 11.3 Å². The maximum atomic E-state index is 12.5. The molecule has 0 spiro atoms. The third kappa shape index (κ3) is 4.46. The number of nitrogens with two attached hydrogens (primary N) is 1. The second kappa shape index (κ2) is 9.09. The highest BCUT2D eigenvalue weighted by Crippen LogP contribution is 2.43. The second-order valence-electron chi connectivity index (χ2n) is 7.65. The van der Waals surface area contributed by atoms with E-state index in [-0.39, 0.29) is 18.2 Å². The van der Waals surface area contributed by atoms with Gasteiger partial charge >= 0.3 is 0 Å². The lowest BCUT2D eigenvalue weighted by Gasteiger charge is -2.29. The lowest BCUT2D eigenvalue weighted by Crippen LogP contribution is -2.32. The van der Waals surface area contributed by atoms with Gasteiger partial charge in [-0.05, 0) is 54.5 Å². The van der Waals surface area contributed by atoms with Crippen molar-refractivity contribution in [2.75, 3.05) is 19.3 Å². The monoisotopic (exact) mass is 443 g/mol. The molecule has 4 rings (SSSR count). The molecule has 30 heavy (non-hydrogen) atoms. The summed E-state index contributed by atoms with van der Waals surface area (Å²) in [5.74, 6) is 0.791. The Bertz CT molecular complexity index is 1050. The Labute approximate surface area is 183 Å². The lowest BCUT2D eigenvalue weighted by atomic mass is 9.77. The highest BCUT2D eigenvalue weighted by molar-refractivity contribution is 7.21. The van der Waals surface area contributed by atoms with Crippen LogP contribution in [0.4, 0.5) is 5.13 Å². The van der Waals surface area contributed by atoms with E-state index in [1.807, 2.05) is 12.1 Å². The molecule has 0 bridgehead atoms. The fourth-order valence-electron chi connectivity index (χ4n) is 4.20. The van der Waals surface area contributed by atoms with Crippen LogP contribution in [0.1, 0.15) is 51.8 Å². The quantitative estimate of drug-likeness (QED) is 0.541. The van der Waals surface area contributed by atoms with Gasteiger partial charge in [0, 0.05) is 18.3 Å². The van der Waals surface area contributed by atoms with Crippen LogP contribution in [-0.4, -0.2) is 35.6 Å². The topological polar surface area (TPSA) is 110 Å². The molecule has 7 nitrogen and oxygen atoms in total. The number of fused-ring (bicyclic) bond motifs is 1. The van der Waals surface area contributed by atoms with Gasteiger partial charge in [-0.25, -0.2) is 0 Å². The number of benzene rings is 1. The van der Waals surface area contributed by atoms with Crippen molar-refractivity contribution in [2.24, 2.45) is 5.92 Å². The summed E-state index contributed by atoms with van der Waals surface area (Å²) in [7, 11) is 1.69. The molecular weight excluding hydrogens is 418 g/mol. The van der Waals surface area contributed by atoms with Crippen molar-refractivity contribution in [1.82, 2.24) is 20.8 Å². The Morgan fingerprint density at radius 3 is 2.60 bits per heavy atom. The number of hydrogen-bond acceptors (Lipinski definition) is 7. The van der Waals surface area contributed by atoms with E-state index >= 15 is 0 Å². The van der Waals surface area contributed by atoms with E-state index < -0.39 is 0 Å². The predicted octanol–water partition coefficient (Wildman–Crippen LogP) is 3.33. The number of hydrogen-bond donors (Lipinski definition) is 3. The number of carbonyl (C=O) groups excluding carboxylic acids is 2. The summed E-state index contributed by atoms with van der Waals surface area (Å²) in [6.45, 7) is 0.673. The van der Waals surface area contributed by atoms with Crippen molar-refractivity contribution in [1.29, 1.82) is 0 Å². The standard InChI is InChI=1S/C21H25N5O2S2/c1-23-20(28)19-18(14-4-2-3-5-15(14)29-19)13-8-6-12(7-9-13)11-24-16(27)10-17-25-26-21(22)30-17/h2-5,12-13H,6-11H2,1H3,(H2,22,26)(H,23,28)(H,24,27). The molecule has 0 radical (unpaired) electrons. The van der Waals surface area contributed by atoms with E-state index in [1.165, 1.54) is 22.3 Å². The average Bonchev–Trinajstić information content (AvgIpc) is 3.35. The third-order valence-electron chi connectivity index (χ3n) is 5.70. The number of amides is 2. The highest BCUT2D eigenvalue weighted by atomic mass is 32.1. The molecule has 1 saturated carbocycles. The number of nitrogens with zero attached hydrogens (tertiary/aromatic N) is 2. The molecule has 0 unspecified atom stereocenters. The van der Waals surface area contributed by atoms with Crippen molar-refractivity contribution >= 4 is 49.7 Å². The van der Waals surface area contributed by atoms with Gasteiger partial charge in [-0.3, -0.25) is 9.59 Å². The first kappa shape index (κ1) is 20.7. The number of rotatable bonds is 6. The van der Waals surface area contributed by atoms with Crippen molar-refractivity contribution in [3.05, 3.63) is 39.7 Å². The molecule has 2 amide bonds. The van der Waals surface area contributed by atoms with Crippen molar-refractivity contribution in [2.45, 2.75) is 38.0 Å². The normalized spacial score (nSPS) is 19.0. The minimum Gasteiger partial charge on any atom is -0.374 e. The predicted molar refractivity (Wildman–Crippen MR) is 121 cm³/mol. The summed E-state index contributed by atoms with van der Waals surface area (Å²) in [5, 5.41) is 15.7. The second-order valence-corrected chi connectivity index (χ2v) is 9.80. The molecule has 1 aliphatic rings. The van der Waals surface area contributed by atoms with Crippen molar-refractivity contribution in [3.8, 4) is 0 Å². The summed E-state index contributed by atoms with van der Waals surface area (Å²) >= 11 is 2.83. The van der Waals surface area contributed by atoms with Gasteiger partial charge in [-0.15, -0.1) is 21.5 Å². The number of nitrogen functional groups attached to an aromatic ring is 1. The third-order valence-corrected chi connectivity index (χ3v) is 7.64. The lowest BCUT2D eigenvalue weighted by molar-refractivity contribution is -0.120. The molecule has 0 saturated heterocycles. The molecule has 1 fully saturated rings. The fourth-order valence-corrected chi connectivity index (χ4v) is 6.05. The van der Waals surface area contributed by atoms with Gasteiger partial charge in [0.25, 0.3) is 5.91 Å². The van der Waals surface area contributed by atoms with E-state index in [1.54, 1.807) is 18.4 Å². The largest absolute Gasteiger partial charge is 0.374 e. The zero-order valence-corrected chi connectivity index (χ0v) is 18.4. The van der Waals surface area contributed by atoms with Crippen LogP contribution < -0.4 is 16.4 Å². The SMILES string of the molecule is CNC(=O)c1sc2ccccc2c1C1CCC(CNC(=O)Cc2nnc(N)s2)CC1. The zero-order valence-electron chi connectivity index (χ0n) is 16.8. The Morgan fingerprint density at radius 2 is 1.90 bits per heavy atom. The Balaban J connectivity index is 1.37. The maximum Gasteiger partial charge on any atom is 0.261 e. The molecule has 1 aliphatic carbocycles. The van der Waals surface area contributed by atoms with Gasteiger partial charge < -0.3 is 16.4 Å². The zero-order chi connectivity index (χ0) is 21.1. The van der Waals surface area contributed by atoms with E-state index in [2.05, 4.69) is 33.0 Å². The van der Waals surface area contributed by atoms with Crippen LogP contribution in [0, 0.1) is 5.92 Å². The fraction of sp³-hybridized carbons (Fsp3) is 0.429. The van der Waals surface area contributed by atoms with Crippen LogP contribution in [0.15, 0.2) is 24.3 Å². The molecule has 2 aromatic heterocycles. The van der Waals surface area contributed by atoms with Crippen LogP contribution in [0.3, 0.4) is 0 Å². The van der Waals surface area contributed by atoms with Gasteiger partial charge in [0.2, 0.25) is 11.0 Å². The summed E-state index contributed by atoms with van der Waals surface area (Å²) in [6, 6.07) is 8.27. The Kier molecular flexibility index (Phi) is 6.29. The maximum absolute atomic E-state index is 12.5. The molecular formula is C21H25N5O2S2. The molecule has 1 aromatic carbocycles. The molecule has 158 valence electrons. The van der Waals surface area contributed by atoms with E-state index in [0.29, 0.717) is 28.5 Å². The first-order valence-electron chi connectivity index (χ1n) is 10.1. The molecule has 2 heterocycles. The minimum absolute atomic E-state index is 0.00194. The number of aromatic nitrogens is 2. The molecule has 9 heteroatoms. The smallest absolute Gasteiger partial charge is 0.261 e. The minimum atomic E-state index is -0.0426. The molecule has 0 aliphatic heterocycles. The van der Waals surface area contributed by atoms with Gasteiger partial charge in [0.1, 0.15) is 5.01 Å². The average molecular weight is 444 g/mol.